The van der Waals surface area contributed by atoms with Crippen LogP contribution in [0, 0.1) is 5.92 Å². The lowest BCUT2D eigenvalue weighted by Crippen LogP contribution is -2.32. The van der Waals surface area contributed by atoms with Crippen LogP contribution in [-0.4, -0.2) is 39.7 Å². The third-order valence-electron chi connectivity index (χ3n) is 6.11. The van der Waals surface area contributed by atoms with Crippen molar-refractivity contribution in [3.05, 3.63) is 80.8 Å². The van der Waals surface area contributed by atoms with Gasteiger partial charge in [-0.25, -0.2) is 14.9 Å². The van der Waals surface area contributed by atoms with E-state index in [0.29, 0.717) is 30.1 Å². The third kappa shape index (κ3) is 4.26. The molecule has 0 fully saturated rings. The largest absolute Gasteiger partial charge is 0.330 e. The van der Waals surface area contributed by atoms with Crippen molar-refractivity contribution in [2.75, 3.05) is 0 Å². The quantitative estimate of drug-likeness (QED) is 0.364. The molecule has 2 N–H and O–H groups in total. The maximum atomic E-state index is 12.9. The van der Waals surface area contributed by atoms with Crippen molar-refractivity contribution >= 4 is 11.2 Å². The average molecular weight is 485 g/mol. The molecule has 0 spiro atoms. The fourth-order valence-corrected chi connectivity index (χ4v) is 4.51. The second-order valence-corrected chi connectivity index (χ2v) is 9.64. The van der Waals surface area contributed by atoms with Crippen LogP contribution in [0.25, 0.3) is 33.7 Å². The summed E-state index contributed by atoms with van der Waals surface area (Å²) >= 11 is 0. The van der Waals surface area contributed by atoms with Crippen molar-refractivity contribution in [2.45, 2.75) is 46.7 Å². The van der Waals surface area contributed by atoms with Crippen molar-refractivity contribution in [3.63, 3.8) is 0 Å². The Labute approximate surface area is 207 Å². The van der Waals surface area contributed by atoms with Crippen molar-refractivity contribution < 1.29 is 0 Å². The van der Waals surface area contributed by atoms with Gasteiger partial charge in [-0.2, -0.15) is 0 Å². The summed E-state index contributed by atoms with van der Waals surface area (Å²) in [7, 11) is 0. The van der Waals surface area contributed by atoms with Crippen LogP contribution in [0.3, 0.4) is 0 Å². The van der Waals surface area contributed by atoms with Crippen LogP contribution in [0.2, 0.25) is 0 Å². The van der Waals surface area contributed by atoms with E-state index in [9.17, 15) is 9.59 Å². The first kappa shape index (κ1) is 23.4. The van der Waals surface area contributed by atoms with Crippen LogP contribution in [0.15, 0.2) is 58.1 Å². The molecule has 3 aromatic heterocycles. The first-order valence-corrected chi connectivity index (χ1v) is 12.0. The van der Waals surface area contributed by atoms with Crippen LogP contribution in [0.4, 0.5) is 0 Å². The fourth-order valence-electron chi connectivity index (χ4n) is 4.51. The van der Waals surface area contributed by atoms with Crippen molar-refractivity contribution in [1.29, 1.82) is 0 Å². The van der Waals surface area contributed by atoms with Crippen LogP contribution in [0.5, 0.6) is 0 Å². The first-order chi connectivity index (χ1) is 17.3. The maximum Gasteiger partial charge on any atom is 0.330 e. The number of tetrazole rings is 1. The molecular weight excluding hydrogens is 456 g/mol. The van der Waals surface area contributed by atoms with Gasteiger partial charge in [0.15, 0.2) is 17.0 Å². The Bertz CT molecular complexity index is 1620. The zero-order valence-electron chi connectivity index (χ0n) is 20.7. The molecular formula is C26H28N8O2. The highest BCUT2D eigenvalue weighted by Gasteiger charge is 2.21. The standard InChI is InChI=1S/C26H28N8O2/c1-15(2)13-34-24-21(25(35)28-26(34)36)33(23(27-24)16(3)4)14-17-9-11-18(12-10-17)19-7-5-6-8-20(19)22-29-31-32-30-22/h5-12,15-16H,13-14H2,1-4H3,(H,28,35,36)(H,29,30,31,32). The first-order valence-electron chi connectivity index (χ1n) is 12.0. The van der Waals surface area contributed by atoms with Gasteiger partial charge in [0, 0.05) is 24.6 Å². The zero-order valence-corrected chi connectivity index (χ0v) is 20.7. The number of nitrogens with zero attached hydrogens (tertiary/aromatic N) is 6. The van der Waals surface area contributed by atoms with E-state index in [-0.39, 0.29) is 11.8 Å². The van der Waals surface area contributed by atoms with Gasteiger partial charge < -0.3 is 4.57 Å². The van der Waals surface area contributed by atoms with Gasteiger partial charge >= 0.3 is 5.69 Å². The molecule has 2 aromatic carbocycles. The minimum absolute atomic E-state index is 0.0704. The third-order valence-corrected chi connectivity index (χ3v) is 6.11. The number of benzene rings is 2. The Kier molecular flexibility index (Phi) is 6.09. The summed E-state index contributed by atoms with van der Waals surface area (Å²) in [5.74, 6) is 1.67. The van der Waals surface area contributed by atoms with Gasteiger partial charge in [0.25, 0.3) is 5.56 Å². The molecule has 0 aliphatic rings. The van der Waals surface area contributed by atoms with Gasteiger partial charge in [0.1, 0.15) is 5.82 Å². The summed E-state index contributed by atoms with van der Waals surface area (Å²) in [6, 6.07) is 16.1. The highest BCUT2D eigenvalue weighted by atomic mass is 16.2. The van der Waals surface area contributed by atoms with E-state index in [2.05, 4.69) is 25.6 Å². The highest BCUT2D eigenvalue weighted by molar-refractivity contribution is 5.80. The van der Waals surface area contributed by atoms with Crippen LogP contribution in [-0.2, 0) is 13.1 Å². The van der Waals surface area contributed by atoms with E-state index < -0.39 is 11.2 Å². The maximum absolute atomic E-state index is 12.9. The number of hydrogen-bond donors (Lipinski definition) is 2. The molecule has 10 nitrogen and oxygen atoms in total. The number of imidazole rings is 1. The summed E-state index contributed by atoms with van der Waals surface area (Å²) in [6.07, 6.45) is 0. The predicted octanol–water partition coefficient (Wildman–Crippen LogP) is 3.56. The number of nitrogens with one attached hydrogen (secondary N) is 2. The molecule has 0 aliphatic carbocycles. The van der Waals surface area contributed by atoms with Crippen LogP contribution >= 0.6 is 0 Å². The smallest absolute Gasteiger partial charge is 0.317 e. The van der Waals surface area contributed by atoms with Crippen LogP contribution in [0.1, 0.15) is 45.0 Å². The number of H-pyrrole nitrogens is 2. The molecule has 0 unspecified atom stereocenters. The van der Waals surface area contributed by atoms with E-state index in [1.165, 1.54) is 0 Å². The lowest BCUT2D eigenvalue weighted by molar-refractivity contribution is 0.513. The van der Waals surface area contributed by atoms with E-state index in [1.807, 2.05) is 80.8 Å². The fraction of sp³-hybridized carbons (Fsp3) is 0.308. The highest BCUT2D eigenvalue weighted by Crippen LogP contribution is 2.30. The second kappa shape index (κ2) is 9.37. The molecule has 0 bridgehead atoms. The molecule has 0 aliphatic heterocycles. The molecule has 0 saturated heterocycles. The minimum Gasteiger partial charge on any atom is -0.317 e. The Hall–Kier alpha value is -4.34. The predicted molar refractivity (Wildman–Crippen MR) is 138 cm³/mol. The van der Waals surface area contributed by atoms with Crippen LogP contribution < -0.4 is 11.2 Å². The number of hydrogen-bond acceptors (Lipinski definition) is 6. The van der Waals surface area contributed by atoms with E-state index in [0.717, 1.165) is 28.1 Å². The van der Waals surface area contributed by atoms with Crippen molar-refractivity contribution in [3.8, 4) is 22.5 Å². The number of aromatic nitrogens is 8. The molecule has 5 rings (SSSR count). The summed E-state index contributed by atoms with van der Waals surface area (Å²) in [4.78, 5) is 32.8. The average Bonchev–Trinajstić information content (AvgIpc) is 3.51. The van der Waals surface area contributed by atoms with E-state index in [4.69, 9.17) is 4.98 Å². The monoisotopic (exact) mass is 484 g/mol. The van der Waals surface area contributed by atoms with Gasteiger partial charge in [0.2, 0.25) is 0 Å². The number of fused-ring (bicyclic) bond motifs is 1. The second-order valence-electron chi connectivity index (χ2n) is 9.64. The lowest BCUT2D eigenvalue weighted by Gasteiger charge is -2.13. The normalized spacial score (nSPS) is 11.7. The molecule has 36 heavy (non-hydrogen) atoms. The Morgan fingerprint density at radius 1 is 0.917 bits per heavy atom. The summed E-state index contributed by atoms with van der Waals surface area (Å²) in [5.41, 5.74) is 3.97. The zero-order chi connectivity index (χ0) is 25.4. The van der Waals surface area contributed by atoms with Crippen molar-refractivity contribution in [1.82, 2.24) is 39.7 Å². The SMILES string of the molecule is CC(C)Cn1c(=O)[nH]c(=O)c2c1nc(C(C)C)n2Cc1ccc(-c2ccccc2-c2nnn[nH]2)cc1. The number of rotatable bonds is 7. The van der Waals surface area contributed by atoms with Gasteiger partial charge in [-0.1, -0.05) is 76.2 Å². The Morgan fingerprint density at radius 2 is 1.64 bits per heavy atom. The molecule has 3 heterocycles. The molecule has 0 atom stereocenters. The minimum atomic E-state index is -0.425. The summed E-state index contributed by atoms with van der Waals surface area (Å²) < 4.78 is 3.50. The molecule has 5 aromatic rings. The topological polar surface area (TPSA) is 127 Å². The summed E-state index contributed by atoms with van der Waals surface area (Å²) in [5, 5.41) is 14.3. The van der Waals surface area contributed by atoms with Crippen molar-refractivity contribution in [2.24, 2.45) is 5.92 Å². The lowest BCUT2D eigenvalue weighted by atomic mass is 9.98. The molecule has 0 amide bonds. The Balaban J connectivity index is 1.56. The van der Waals surface area contributed by atoms with Gasteiger partial charge in [0.05, 0.1) is 0 Å². The van der Waals surface area contributed by atoms with Gasteiger partial charge in [-0.3, -0.25) is 14.3 Å². The molecule has 184 valence electrons. The number of aromatic amines is 2. The van der Waals surface area contributed by atoms with Gasteiger partial charge in [-0.15, -0.1) is 5.10 Å². The molecule has 0 radical (unpaired) electrons. The van der Waals surface area contributed by atoms with E-state index in [1.54, 1.807) is 4.57 Å². The summed E-state index contributed by atoms with van der Waals surface area (Å²) in [6.45, 7) is 9.07. The van der Waals surface area contributed by atoms with Gasteiger partial charge in [-0.05, 0) is 33.0 Å². The molecule has 0 saturated carbocycles. The van der Waals surface area contributed by atoms with E-state index >= 15 is 0 Å². The molecule has 10 heteroatoms. The Morgan fingerprint density at radius 3 is 2.28 bits per heavy atom.